The van der Waals surface area contributed by atoms with E-state index in [9.17, 15) is 4.79 Å². The van der Waals surface area contributed by atoms with Crippen molar-refractivity contribution in [1.82, 2.24) is 10.3 Å². The second-order valence-corrected chi connectivity index (χ2v) is 6.76. The van der Waals surface area contributed by atoms with Crippen LogP contribution in [-0.4, -0.2) is 44.0 Å². The smallest absolute Gasteiger partial charge is 0.242 e. The number of carbonyl (C=O) groups excluding carboxylic acids is 1. The third-order valence-electron chi connectivity index (χ3n) is 4.02. The van der Waals surface area contributed by atoms with Crippen LogP contribution in [0, 0.1) is 0 Å². The summed E-state index contributed by atoms with van der Waals surface area (Å²) < 4.78 is 15.9. The van der Waals surface area contributed by atoms with Gasteiger partial charge in [0.05, 0.1) is 32.7 Å². The molecule has 2 atom stereocenters. The number of pyridine rings is 1. The van der Waals surface area contributed by atoms with E-state index < -0.39 is 0 Å². The molecule has 1 aliphatic rings. The Morgan fingerprint density at radius 3 is 2.54 bits per heavy atom. The normalized spacial score (nSPS) is 19.0. The number of aromatic nitrogens is 1. The number of methoxy groups -OCH3 is 3. The number of benzene rings is 1. The molecule has 0 aliphatic carbocycles. The van der Waals surface area contributed by atoms with E-state index in [-0.39, 0.29) is 17.3 Å². The third-order valence-corrected chi connectivity index (χ3v) is 5.29. The molecule has 0 bridgehead atoms. The summed E-state index contributed by atoms with van der Waals surface area (Å²) in [6, 6.07) is 7.00. The number of ether oxygens (including phenoxy) is 3. The number of nitrogens with one attached hydrogen (secondary N) is 2. The van der Waals surface area contributed by atoms with Gasteiger partial charge < -0.3 is 19.5 Å². The van der Waals surface area contributed by atoms with Crippen molar-refractivity contribution in [2.24, 2.45) is 0 Å². The quantitative estimate of drug-likeness (QED) is 0.802. The highest BCUT2D eigenvalue weighted by Gasteiger charge is 2.31. The summed E-state index contributed by atoms with van der Waals surface area (Å²) >= 11 is 1.68. The Labute approximate surface area is 156 Å². The van der Waals surface area contributed by atoms with E-state index >= 15 is 0 Å². The monoisotopic (exact) mass is 375 g/mol. The molecule has 138 valence electrons. The molecule has 26 heavy (non-hydrogen) atoms. The maximum atomic E-state index is 12.6. The van der Waals surface area contributed by atoms with E-state index in [1.807, 2.05) is 18.3 Å². The molecule has 1 aromatic heterocycles. The predicted molar refractivity (Wildman–Crippen MR) is 101 cm³/mol. The van der Waals surface area contributed by atoms with Gasteiger partial charge in [0.2, 0.25) is 11.7 Å². The summed E-state index contributed by atoms with van der Waals surface area (Å²) in [6.07, 6.45) is 3.54. The van der Waals surface area contributed by atoms with Crippen molar-refractivity contribution < 1.29 is 19.0 Å². The van der Waals surface area contributed by atoms with Crippen LogP contribution < -0.4 is 24.8 Å². The highest BCUT2D eigenvalue weighted by atomic mass is 32.2. The molecule has 2 unspecified atom stereocenters. The first-order chi connectivity index (χ1) is 12.7. The van der Waals surface area contributed by atoms with Crippen LogP contribution in [0.5, 0.6) is 17.2 Å². The number of carbonyl (C=O) groups is 1. The van der Waals surface area contributed by atoms with E-state index in [0.717, 1.165) is 5.56 Å². The fraction of sp³-hybridized carbons (Fsp3) is 0.333. The minimum atomic E-state index is -0.302. The van der Waals surface area contributed by atoms with Crippen LogP contribution in [0.1, 0.15) is 10.9 Å². The van der Waals surface area contributed by atoms with Gasteiger partial charge >= 0.3 is 0 Å². The lowest BCUT2D eigenvalue weighted by Crippen LogP contribution is -2.38. The molecule has 0 saturated carbocycles. The van der Waals surface area contributed by atoms with E-state index in [2.05, 4.69) is 15.6 Å². The van der Waals surface area contributed by atoms with Crippen molar-refractivity contribution in [2.75, 3.05) is 32.4 Å². The first-order valence-corrected chi connectivity index (χ1v) is 9.09. The molecule has 0 radical (unpaired) electrons. The zero-order chi connectivity index (χ0) is 18.5. The number of hydrogen-bond donors (Lipinski definition) is 2. The zero-order valence-corrected chi connectivity index (χ0v) is 15.6. The average Bonchev–Trinajstić information content (AvgIpc) is 3.18. The molecule has 0 spiro atoms. The summed E-state index contributed by atoms with van der Waals surface area (Å²) in [5.41, 5.74) is 1.64. The lowest BCUT2D eigenvalue weighted by molar-refractivity contribution is -0.117. The molecule has 2 N–H and O–H groups in total. The third kappa shape index (κ3) is 3.86. The molecule has 3 rings (SSSR count). The Bertz CT molecular complexity index is 747. The fourth-order valence-electron chi connectivity index (χ4n) is 2.73. The van der Waals surface area contributed by atoms with Gasteiger partial charge in [-0.3, -0.25) is 15.1 Å². The topological polar surface area (TPSA) is 81.7 Å². The van der Waals surface area contributed by atoms with Crippen LogP contribution in [0.2, 0.25) is 0 Å². The number of hydrogen-bond acceptors (Lipinski definition) is 7. The minimum Gasteiger partial charge on any atom is -0.493 e. The molecule has 1 aliphatic heterocycles. The van der Waals surface area contributed by atoms with Crippen molar-refractivity contribution in [1.29, 1.82) is 0 Å². The molecule has 7 nitrogen and oxygen atoms in total. The largest absolute Gasteiger partial charge is 0.493 e. The van der Waals surface area contributed by atoms with Gasteiger partial charge in [0.25, 0.3) is 0 Å². The van der Waals surface area contributed by atoms with Crippen LogP contribution >= 0.6 is 11.8 Å². The standard InChI is InChI=1S/C18H21N3O4S/c1-23-14-7-12(8-15(24-2)16(14)25-3)20-17(22)13-10-26-18(21-13)11-5-4-6-19-9-11/h4-9,13,18,21H,10H2,1-3H3,(H,20,22). The van der Waals surface area contributed by atoms with Crippen LogP contribution in [0.25, 0.3) is 0 Å². The highest BCUT2D eigenvalue weighted by molar-refractivity contribution is 7.99. The maximum absolute atomic E-state index is 12.6. The first-order valence-electron chi connectivity index (χ1n) is 8.04. The fourth-order valence-corrected chi connectivity index (χ4v) is 3.95. The van der Waals surface area contributed by atoms with Gasteiger partial charge in [-0.2, -0.15) is 0 Å². The summed E-state index contributed by atoms with van der Waals surface area (Å²) in [7, 11) is 4.62. The lowest BCUT2D eigenvalue weighted by atomic mass is 10.2. The van der Waals surface area contributed by atoms with Crippen molar-refractivity contribution >= 4 is 23.4 Å². The van der Waals surface area contributed by atoms with Gasteiger partial charge in [-0.25, -0.2) is 0 Å². The Morgan fingerprint density at radius 1 is 1.23 bits per heavy atom. The minimum absolute atomic E-state index is 0.0550. The van der Waals surface area contributed by atoms with E-state index in [1.165, 1.54) is 21.3 Å². The number of thioether (sulfide) groups is 1. The SMILES string of the molecule is COc1cc(NC(=O)C2CSC(c3cccnc3)N2)cc(OC)c1OC. The Morgan fingerprint density at radius 2 is 1.96 bits per heavy atom. The molecule has 2 aromatic rings. The van der Waals surface area contributed by atoms with Gasteiger partial charge in [0.1, 0.15) is 0 Å². The molecule has 1 saturated heterocycles. The summed E-state index contributed by atoms with van der Waals surface area (Å²) in [5.74, 6) is 2.03. The van der Waals surface area contributed by atoms with E-state index in [1.54, 1.807) is 30.1 Å². The highest BCUT2D eigenvalue weighted by Crippen LogP contribution is 2.40. The van der Waals surface area contributed by atoms with Gasteiger partial charge in [0.15, 0.2) is 11.5 Å². The van der Waals surface area contributed by atoms with Crippen LogP contribution in [0.3, 0.4) is 0 Å². The molecule has 1 amide bonds. The van der Waals surface area contributed by atoms with Crippen molar-refractivity contribution in [3.05, 3.63) is 42.2 Å². The first kappa shape index (κ1) is 18.3. The van der Waals surface area contributed by atoms with Crippen molar-refractivity contribution in [3.63, 3.8) is 0 Å². The van der Waals surface area contributed by atoms with Gasteiger partial charge in [0, 0.05) is 36.0 Å². The Hall–Kier alpha value is -2.45. The Balaban J connectivity index is 1.70. The second-order valence-electron chi connectivity index (χ2n) is 5.62. The number of rotatable bonds is 6. The number of amides is 1. The lowest BCUT2D eigenvalue weighted by Gasteiger charge is -2.16. The van der Waals surface area contributed by atoms with E-state index in [0.29, 0.717) is 28.7 Å². The van der Waals surface area contributed by atoms with E-state index in [4.69, 9.17) is 14.2 Å². The zero-order valence-electron chi connectivity index (χ0n) is 14.8. The number of anilines is 1. The van der Waals surface area contributed by atoms with Gasteiger partial charge in [-0.15, -0.1) is 11.8 Å². The summed E-state index contributed by atoms with van der Waals surface area (Å²) in [6.45, 7) is 0. The van der Waals surface area contributed by atoms with Crippen molar-refractivity contribution in [3.8, 4) is 17.2 Å². The van der Waals surface area contributed by atoms with Crippen molar-refractivity contribution in [2.45, 2.75) is 11.4 Å². The van der Waals surface area contributed by atoms with Gasteiger partial charge in [-0.05, 0) is 11.6 Å². The van der Waals surface area contributed by atoms with Crippen LogP contribution in [0.15, 0.2) is 36.7 Å². The Kier molecular flexibility index (Phi) is 5.85. The second kappa shape index (κ2) is 8.29. The average molecular weight is 375 g/mol. The molecular weight excluding hydrogens is 354 g/mol. The molecule has 1 aromatic carbocycles. The van der Waals surface area contributed by atoms with Gasteiger partial charge in [-0.1, -0.05) is 6.07 Å². The molecular formula is C18H21N3O4S. The molecule has 1 fully saturated rings. The summed E-state index contributed by atoms with van der Waals surface area (Å²) in [4.78, 5) is 16.8. The van der Waals surface area contributed by atoms with Crippen LogP contribution in [-0.2, 0) is 4.79 Å². The van der Waals surface area contributed by atoms with Crippen LogP contribution in [0.4, 0.5) is 5.69 Å². The predicted octanol–water partition coefficient (Wildman–Crippen LogP) is 2.45. The molecule has 8 heteroatoms. The summed E-state index contributed by atoms with van der Waals surface area (Å²) in [5, 5.41) is 6.30. The number of nitrogens with zero attached hydrogens (tertiary/aromatic N) is 1. The maximum Gasteiger partial charge on any atom is 0.242 e. The molecule has 2 heterocycles.